The van der Waals surface area contributed by atoms with Gasteiger partial charge < -0.3 is 10.5 Å². The molecule has 0 aromatic rings. The maximum absolute atomic E-state index is 5.91. The van der Waals surface area contributed by atoms with Crippen molar-refractivity contribution < 1.29 is 4.74 Å². The van der Waals surface area contributed by atoms with E-state index in [1.165, 1.54) is 12.8 Å². The third kappa shape index (κ3) is 2.47. The summed E-state index contributed by atoms with van der Waals surface area (Å²) in [6.45, 7) is 3.98. The van der Waals surface area contributed by atoms with Crippen molar-refractivity contribution in [3.63, 3.8) is 0 Å². The summed E-state index contributed by atoms with van der Waals surface area (Å²) in [5.74, 6) is 2.18. The molecule has 1 aliphatic carbocycles. The van der Waals surface area contributed by atoms with Crippen LogP contribution in [0.4, 0.5) is 0 Å². The normalized spacial score (nSPS) is 27.6. The van der Waals surface area contributed by atoms with Crippen LogP contribution >= 0.6 is 0 Å². The van der Waals surface area contributed by atoms with Gasteiger partial charge in [-0.05, 0) is 38.5 Å². The van der Waals surface area contributed by atoms with Crippen LogP contribution in [0.3, 0.4) is 0 Å². The molecule has 2 N–H and O–H groups in total. The molecule has 1 saturated heterocycles. The second-order valence-electron chi connectivity index (χ2n) is 4.52. The van der Waals surface area contributed by atoms with Crippen LogP contribution in [0.15, 0.2) is 4.99 Å². The van der Waals surface area contributed by atoms with Gasteiger partial charge in [-0.15, -0.1) is 0 Å². The molecular formula is C11H20N2O. The number of ether oxygens (including phenoxy) is 1. The van der Waals surface area contributed by atoms with Crippen molar-refractivity contribution in [2.24, 2.45) is 22.6 Å². The Labute approximate surface area is 85.7 Å². The first-order chi connectivity index (χ1) is 6.77. The van der Waals surface area contributed by atoms with Crippen LogP contribution in [0.1, 0.15) is 32.6 Å². The Morgan fingerprint density at radius 1 is 1.29 bits per heavy atom. The van der Waals surface area contributed by atoms with Crippen LogP contribution in [-0.4, -0.2) is 25.1 Å². The van der Waals surface area contributed by atoms with E-state index in [2.05, 4.69) is 11.9 Å². The number of hydrogen-bond acceptors (Lipinski definition) is 2. The highest BCUT2D eigenvalue weighted by atomic mass is 16.5. The fourth-order valence-corrected chi connectivity index (χ4v) is 2.02. The van der Waals surface area contributed by atoms with E-state index in [9.17, 15) is 0 Å². The highest BCUT2D eigenvalue weighted by molar-refractivity contribution is 5.85. The van der Waals surface area contributed by atoms with E-state index in [4.69, 9.17) is 10.5 Å². The summed E-state index contributed by atoms with van der Waals surface area (Å²) < 4.78 is 5.33. The second kappa shape index (κ2) is 4.30. The van der Waals surface area contributed by atoms with Crippen LogP contribution in [0, 0.1) is 11.8 Å². The number of nitrogens with two attached hydrogens (primary N) is 1. The monoisotopic (exact) mass is 196 g/mol. The van der Waals surface area contributed by atoms with E-state index in [1.807, 2.05) is 0 Å². The molecule has 1 aliphatic heterocycles. The first-order valence-electron chi connectivity index (χ1n) is 5.68. The Bertz CT molecular complexity index is 217. The fraction of sp³-hybridized carbons (Fsp3) is 0.909. The summed E-state index contributed by atoms with van der Waals surface area (Å²) in [4.78, 5) is 4.60. The van der Waals surface area contributed by atoms with Gasteiger partial charge in [0.05, 0.1) is 11.9 Å². The van der Waals surface area contributed by atoms with Gasteiger partial charge in [0, 0.05) is 19.1 Å². The molecule has 1 heterocycles. The van der Waals surface area contributed by atoms with E-state index < -0.39 is 0 Å². The predicted molar refractivity (Wildman–Crippen MR) is 57.4 cm³/mol. The SMILES string of the molecule is CC(N=C(N)C1CC1)C1CCOCC1. The molecule has 0 spiro atoms. The predicted octanol–water partition coefficient (Wildman–Crippen LogP) is 1.57. The first kappa shape index (κ1) is 9.97. The molecule has 1 atom stereocenters. The van der Waals surface area contributed by atoms with Crippen molar-refractivity contribution >= 4 is 5.84 Å². The van der Waals surface area contributed by atoms with Gasteiger partial charge in [0.15, 0.2) is 0 Å². The highest BCUT2D eigenvalue weighted by Gasteiger charge is 2.27. The summed E-state index contributed by atoms with van der Waals surface area (Å²) in [5, 5.41) is 0. The molecule has 14 heavy (non-hydrogen) atoms. The first-order valence-corrected chi connectivity index (χ1v) is 5.68. The Morgan fingerprint density at radius 3 is 2.50 bits per heavy atom. The van der Waals surface area contributed by atoms with Crippen molar-refractivity contribution in [3.8, 4) is 0 Å². The van der Waals surface area contributed by atoms with Gasteiger partial charge in [-0.25, -0.2) is 0 Å². The highest BCUT2D eigenvalue weighted by Crippen LogP contribution is 2.30. The van der Waals surface area contributed by atoms with Gasteiger partial charge >= 0.3 is 0 Å². The Balaban J connectivity index is 1.86. The molecule has 0 bridgehead atoms. The summed E-state index contributed by atoms with van der Waals surface area (Å²) >= 11 is 0. The molecule has 3 nitrogen and oxygen atoms in total. The number of rotatable bonds is 3. The topological polar surface area (TPSA) is 47.6 Å². The minimum absolute atomic E-state index is 0.388. The van der Waals surface area contributed by atoms with E-state index >= 15 is 0 Å². The molecule has 0 aromatic carbocycles. The fourth-order valence-electron chi connectivity index (χ4n) is 2.02. The molecule has 2 aliphatic rings. The molecule has 2 rings (SSSR count). The zero-order valence-electron chi connectivity index (χ0n) is 8.91. The van der Waals surface area contributed by atoms with Crippen molar-refractivity contribution in [2.75, 3.05) is 13.2 Å². The van der Waals surface area contributed by atoms with Crippen molar-refractivity contribution in [1.82, 2.24) is 0 Å². The average molecular weight is 196 g/mol. The van der Waals surface area contributed by atoms with Crippen LogP contribution in [-0.2, 0) is 4.74 Å². The zero-order chi connectivity index (χ0) is 9.97. The maximum atomic E-state index is 5.91. The lowest BCUT2D eigenvalue weighted by Gasteiger charge is -2.25. The number of amidine groups is 1. The summed E-state index contributed by atoms with van der Waals surface area (Å²) in [7, 11) is 0. The van der Waals surface area contributed by atoms with Gasteiger partial charge in [-0.3, -0.25) is 4.99 Å². The van der Waals surface area contributed by atoms with Gasteiger partial charge in [0.1, 0.15) is 0 Å². The third-order valence-electron chi connectivity index (χ3n) is 3.30. The Kier molecular flexibility index (Phi) is 3.06. The lowest BCUT2D eigenvalue weighted by molar-refractivity contribution is 0.0605. The molecular weight excluding hydrogens is 176 g/mol. The van der Waals surface area contributed by atoms with E-state index in [-0.39, 0.29) is 0 Å². The Morgan fingerprint density at radius 2 is 1.93 bits per heavy atom. The van der Waals surface area contributed by atoms with Crippen LogP contribution in [0.5, 0.6) is 0 Å². The largest absolute Gasteiger partial charge is 0.387 e. The molecule has 0 aromatic heterocycles. The van der Waals surface area contributed by atoms with Crippen LogP contribution < -0.4 is 5.73 Å². The van der Waals surface area contributed by atoms with Crippen molar-refractivity contribution in [1.29, 1.82) is 0 Å². The van der Waals surface area contributed by atoms with Crippen LogP contribution in [0.2, 0.25) is 0 Å². The molecule has 1 unspecified atom stereocenters. The molecule has 2 fully saturated rings. The van der Waals surface area contributed by atoms with E-state index in [0.29, 0.717) is 17.9 Å². The Hall–Kier alpha value is -0.570. The lowest BCUT2D eigenvalue weighted by Crippen LogP contribution is -2.27. The third-order valence-corrected chi connectivity index (χ3v) is 3.30. The van der Waals surface area contributed by atoms with Gasteiger partial charge in [-0.2, -0.15) is 0 Å². The minimum atomic E-state index is 0.388. The summed E-state index contributed by atoms with van der Waals surface area (Å²) in [5.41, 5.74) is 5.91. The van der Waals surface area contributed by atoms with Gasteiger partial charge in [0.25, 0.3) is 0 Å². The standard InChI is InChI=1S/C11H20N2O/c1-8(9-4-6-14-7-5-9)13-11(12)10-2-3-10/h8-10H,2-7H2,1H3,(H2,12,13). The average Bonchev–Trinajstić information content (AvgIpc) is 3.02. The summed E-state index contributed by atoms with van der Waals surface area (Å²) in [6, 6.07) is 0.388. The quantitative estimate of drug-likeness (QED) is 0.550. The number of hydrogen-bond donors (Lipinski definition) is 1. The van der Waals surface area contributed by atoms with Gasteiger partial charge in [-0.1, -0.05) is 0 Å². The summed E-state index contributed by atoms with van der Waals surface area (Å²) in [6.07, 6.45) is 4.77. The molecule has 0 radical (unpaired) electrons. The van der Waals surface area contributed by atoms with E-state index in [0.717, 1.165) is 31.9 Å². The van der Waals surface area contributed by atoms with E-state index in [1.54, 1.807) is 0 Å². The number of aliphatic imine (C=N–C) groups is 1. The smallest absolute Gasteiger partial charge is 0.0971 e. The second-order valence-corrected chi connectivity index (χ2v) is 4.52. The molecule has 3 heteroatoms. The van der Waals surface area contributed by atoms with Gasteiger partial charge in [0.2, 0.25) is 0 Å². The van der Waals surface area contributed by atoms with Crippen molar-refractivity contribution in [2.45, 2.75) is 38.6 Å². The molecule has 0 amide bonds. The maximum Gasteiger partial charge on any atom is 0.0971 e. The van der Waals surface area contributed by atoms with Crippen LogP contribution in [0.25, 0.3) is 0 Å². The van der Waals surface area contributed by atoms with Crippen molar-refractivity contribution in [3.05, 3.63) is 0 Å². The molecule has 80 valence electrons. The zero-order valence-corrected chi connectivity index (χ0v) is 8.91. The lowest BCUT2D eigenvalue weighted by atomic mass is 9.93. The minimum Gasteiger partial charge on any atom is -0.387 e. The molecule has 1 saturated carbocycles. The number of nitrogens with zero attached hydrogens (tertiary/aromatic N) is 1.